The van der Waals surface area contributed by atoms with E-state index in [0.29, 0.717) is 10.6 Å². The van der Waals surface area contributed by atoms with Crippen LogP contribution in [0.25, 0.3) is 0 Å². The third-order valence-electron chi connectivity index (χ3n) is 5.78. The van der Waals surface area contributed by atoms with Crippen molar-refractivity contribution < 1.29 is 28.7 Å². The number of hydrogen-bond donors (Lipinski definition) is 2. The van der Waals surface area contributed by atoms with Gasteiger partial charge in [0.2, 0.25) is 5.91 Å². The highest BCUT2D eigenvalue weighted by Gasteiger charge is 2.39. The maximum atomic E-state index is 13.5. The van der Waals surface area contributed by atoms with E-state index in [-0.39, 0.29) is 44.0 Å². The zero-order valence-electron chi connectivity index (χ0n) is 20.9. The van der Waals surface area contributed by atoms with Crippen LogP contribution in [-0.2, 0) is 20.7 Å². The molecule has 1 fully saturated rings. The van der Waals surface area contributed by atoms with Crippen molar-refractivity contribution in [3.05, 3.63) is 52.2 Å². The van der Waals surface area contributed by atoms with Gasteiger partial charge in [0.15, 0.2) is 0 Å². The normalized spacial score (nSPS) is 16.3. The van der Waals surface area contributed by atoms with Crippen LogP contribution in [0.3, 0.4) is 0 Å². The molecule has 10 nitrogen and oxygen atoms in total. The van der Waals surface area contributed by atoms with Gasteiger partial charge in [0.1, 0.15) is 17.8 Å². The molecule has 36 heavy (non-hydrogen) atoms. The summed E-state index contributed by atoms with van der Waals surface area (Å²) in [5.74, 6) is -0.771. The fraction of sp³-hybridized carbons (Fsp3) is 0.440. The van der Waals surface area contributed by atoms with E-state index in [1.807, 2.05) is 13.8 Å². The number of esters is 1. The van der Waals surface area contributed by atoms with Crippen LogP contribution in [-0.4, -0.2) is 85.6 Å². The van der Waals surface area contributed by atoms with E-state index in [9.17, 15) is 19.2 Å². The first-order valence-electron chi connectivity index (χ1n) is 11.6. The Kier molecular flexibility index (Phi) is 9.29. The van der Waals surface area contributed by atoms with Crippen molar-refractivity contribution in [2.24, 2.45) is 0 Å². The molecule has 2 aromatic rings. The van der Waals surface area contributed by atoms with Crippen LogP contribution in [0.15, 0.2) is 41.8 Å². The third kappa shape index (κ3) is 6.75. The second-order valence-electron chi connectivity index (χ2n) is 8.68. The summed E-state index contributed by atoms with van der Waals surface area (Å²) in [6.45, 7) is 4.16. The number of methoxy groups -OCH3 is 2. The van der Waals surface area contributed by atoms with Crippen molar-refractivity contribution in [3.63, 3.8) is 0 Å². The summed E-state index contributed by atoms with van der Waals surface area (Å²) in [7, 11) is 2.81. The van der Waals surface area contributed by atoms with Gasteiger partial charge in [-0.05, 0) is 43.0 Å². The molecule has 2 atom stereocenters. The first kappa shape index (κ1) is 27.0. The summed E-state index contributed by atoms with van der Waals surface area (Å²) < 4.78 is 10.1. The fourth-order valence-electron chi connectivity index (χ4n) is 3.92. The summed E-state index contributed by atoms with van der Waals surface area (Å²) in [4.78, 5) is 55.4. The monoisotopic (exact) mass is 516 g/mol. The Morgan fingerprint density at radius 3 is 2.36 bits per heavy atom. The Morgan fingerprint density at radius 2 is 1.78 bits per heavy atom. The molecule has 1 aromatic carbocycles. The molecule has 0 unspecified atom stereocenters. The molecule has 1 aliphatic heterocycles. The first-order chi connectivity index (χ1) is 17.2. The number of ether oxygens (including phenoxy) is 2. The number of urea groups is 1. The van der Waals surface area contributed by atoms with Crippen LogP contribution in [0.1, 0.15) is 29.1 Å². The number of carbonyl (C=O) groups is 4. The number of carbonyl (C=O) groups excluding carboxylic acids is 4. The number of nitrogens with one attached hydrogen (secondary N) is 2. The molecule has 2 N–H and O–H groups in total. The minimum atomic E-state index is -0.978. The van der Waals surface area contributed by atoms with Gasteiger partial charge in [-0.2, -0.15) is 0 Å². The molecule has 1 aliphatic rings. The highest BCUT2D eigenvalue weighted by Crippen LogP contribution is 2.19. The van der Waals surface area contributed by atoms with Crippen LogP contribution < -0.4 is 15.4 Å². The van der Waals surface area contributed by atoms with Gasteiger partial charge in [-0.25, -0.2) is 9.59 Å². The number of thiophene rings is 1. The van der Waals surface area contributed by atoms with Crippen LogP contribution in [0, 0.1) is 0 Å². The second-order valence-corrected chi connectivity index (χ2v) is 9.63. The van der Waals surface area contributed by atoms with Gasteiger partial charge in [0.05, 0.1) is 25.6 Å². The lowest BCUT2D eigenvalue weighted by Gasteiger charge is -2.40. The van der Waals surface area contributed by atoms with Gasteiger partial charge in [0.25, 0.3) is 5.91 Å². The molecule has 0 aliphatic carbocycles. The maximum Gasteiger partial charge on any atom is 0.328 e. The molecule has 3 rings (SSSR count). The molecule has 0 bridgehead atoms. The molecular weight excluding hydrogens is 484 g/mol. The first-order valence-corrected chi connectivity index (χ1v) is 12.5. The predicted octanol–water partition coefficient (Wildman–Crippen LogP) is 1.90. The van der Waals surface area contributed by atoms with Gasteiger partial charge in [0, 0.05) is 25.6 Å². The topological polar surface area (TPSA) is 117 Å². The van der Waals surface area contributed by atoms with Crippen molar-refractivity contribution >= 4 is 35.2 Å². The van der Waals surface area contributed by atoms with Crippen molar-refractivity contribution in [2.45, 2.75) is 38.4 Å². The highest BCUT2D eigenvalue weighted by atomic mass is 32.1. The second kappa shape index (κ2) is 12.4. The Morgan fingerprint density at radius 1 is 1.06 bits per heavy atom. The quantitative estimate of drug-likeness (QED) is 0.518. The lowest BCUT2D eigenvalue weighted by molar-refractivity contribution is -0.145. The van der Waals surface area contributed by atoms with E-state index in [1.54, 1.807) is 48.9 Å². The molecule has 194 valence electrons. The molecular formula is C25H32N4O6S. The maximum absolute atomic E-state index is 13.5. The van der Waals surface area contributed by atoms with E-state index < -0.39 is 24.0 Å². The Hall–Kier alpha value is -3.60. The van der Waals surface area contributed by atoms with Crippen molar-refractivity contribution in [2.75, 3.05) is 33.9 Å². The lowest BCUT2D eigenvalue weighted by Crippen LogP contribution is -2.64. The smallest absolute Gasteiger partial charge is 0.328 e. The van der Waals surface area contributed by atoms with Crippen LogP contribution >= 0.6 is 11.3 Å². The Balaban J connectivity index is 1.81. The summed E-state index contributed by atoms with van der Waals surface area (Å²) in [6, 6.07) is 8.24. The van der Waals surface area contributed by atoms with E-state index in [0.717, 1.165) is 5.56 Å². The van der Waals surface area contributed by atoms with Crippen molar-refractivity contribution in [1.82, 2.24) is 20.4 Å². The van der Waals surface area contributed by atoms with Crippen LogP contribution in [0.4, 0.5) is 4.79 Å². The highest BCUT2D eigenvalue weighted by molar-refractivity contribution is 7.12. The molecule has 4 amide bonds. The standard InChI is InChI=1S/C25H32N4O6S/c1-16(2)26-25(33)28-11-12-29(23(31)21-6-5-13-36-21)20(15-28)22(30)27-19(24(32)35-4)14-17-7-9-18(34-3)10-8-17/h5-10,13,16,19-20H,11-12,14-15H2,1-4H3,(H,26,33)(H,27,30)/t19-,20-/m0/s1. The van der Waals surface area contributed by atoms with Gasteiger partial charge in [-0.3, -0.25) is 9.59 Å². The summed E-state index contributed by atoms with van der Waals surface area (Å²) in [5, 5.41) is 7.36. The summed E-state index contributed by atoms with van der Waals surface area (Å²) in [5.41, 5.74) is 0.791. The van der Waals surface area contributed by atoms with E-state index in [2.05, 4.69) is 10.6 Å². The van der Waals surface area contributed by atoms with Gasteiger partial charge >= 0.3 is 12.0 Å². The van der Waals surface area contributed by atoms with Gasteiger partial charge in [-0.1, -0.05) is 18.2 Å². The predicted molar refractivity (Wildman–Crippen MR) is 135 cm³/mol. The largest absolute Gasteiger partial charge is 0.497 e. The van der Waals surface area contributed by atoms with Crippen LogP contribution in [0.5, 0.6) is 5.75 Å². The van der Waals surface area contributed by atoms with Crippen molar-refractivity contribution in [3.8, 4) is 5.75 Å². The lowest BCUT2D eigenvalue weighted by atomic mass is 10.0. The fourth-order valence-corrected chi connectivity index (χ4v) is 4.59. The molecule has 1 saturated heterocycles. The Labute approximate surface area is 214 Å². The SMILES string of the molecule is COC(=O)[C@H](Cc1ccc(OC)cc1)NC(=O)[C@@H]1CN(C(=O)NC(C)C)CCN1C(=O)c1cccs1. The van der Waals surface area contributed by atoms with E-state index >= 15 is 0 Å². The van der Waals surface area contributed by atoms with Crippen LogP contribution in [0.2, 0.25) is 0 Å². The number of rotatable bonds is 8. The van der Waals surface area contributed by atoms with Gasteiger partial charge in [-0.15, -0.1) is 11.3 Å². The average molecular weight is 517 g/mol. The molecule has 0 radical (unpaired) electrons. The molecule has 0 saturated carbocycles. The minimum absolute atomic E-state index is 0.00205. The van der Waals surface area contributed by atoms with Crippen molar-refractivity contribution in [1.29, 1.82) is 0 Å². The van der Waals surface area contributed by atoms with E-state index in [4.69, 9.17) is 9.47 Å². The average Bonchev–Trinajstić information content (AvgIpc) is 3.42. The number of nitrogens with zero attached hydrogens (tertiary/aromatic N) is 2. The van der Waals surface area contributed by atoms with Gasteiger partial charge < -0.3 is 29.9 Å². The number of benzene rings is 1. The minimum Gasteiger partial charge on any atom is -0.497 e. The zero-order valence-corrected chi connectivity index (χ0v) is 21.7. The summed E-state index contributed by atoms with van der Waals surface area (Å²) >= 11 is 1.28. The molecule has 0 spiro atoms. The summed E-state index contributed by atoms with van der Waals surface area (Å²) in [6.07, 6.45) is 0.186. The zero-order chi connectivity index (χ0) is 26.2. The number of amides is 4. The molecule has 2 heterocycles. The Bertz CT molecular complexity index is 1060. The van der Waals surface area contributed by atoms with E-state index in [1.165, 1.54) is 28.2 Å². The number of hydrogen-bond acceptors (Lipinski definition) is 7. The third-order valence-corrected chi connectivity index (χ3v) is 6.63. The molecule has 11 heteroatoms. The molecule has 1 aromatic heterocycles. The number of piperazine rings is 1.